The SMILES string of the molecule is O=C(NC1CCNC1)c1cccc(Br)c1. The fraction of sp³-hybridized carbons (Fsp3) is 0.364. The molecule has 0 aliphatic carbocycles. The maximum Gasteiger partial charge on any atom is 0.251 e. The van der Waals surface area contributed by atoms with E-state index in [1.54, 1.807) is 0 Å². The number of hydrogen-bond donors (Lipinski definition) is 2. The van der Waals surface area contributed by atoms with Gasteiger partial charge in [-0.1, -0.05) is 22.0 Å². The summed E-state index contributed by atoms with van der Waals surface area (Å²) in [4.78, 5) is 11.8. The van der Waals surface area contributed by atoms with Crippen molar-refractivity contribution in [1.82, 2.24) is 10.6 Å². The number of benzene rings is 1. The van der Waals surface area contributed by atoms with Crippen LogP contribution in [-0.2, 0) is 0 Å². The Bertz CT molecular complexity index is 361. The van der Waals surface area contributed by atoms with Crippen LogP contribution < -0.4 is 10.6 Å². The minimum Gasteiger partial charge on any atom is -0.348 e. The Hall–Kier alpha value is -0.870. The highest BCUT2D eigenvalue weighted by Crippen LogP contribution is 2.12. The molecule has 2 rings (SSSR count). The predicted octanol–water partition coefficient (Wildman–Crippen LogP) is 1.54. The molecule has 0 radical (unpaired) electrons. The number of amides is 1. The van der Waals surface area contributed by atoms with E-state index < -0.39 is 0 Å². The number of halogens is 1. The van der Waals surface area contributed by atoms with Crippen molar-refractivity contribution in [1.29, 1.82) is 0 Å². The van der Waals surface area contributed by atoms with Crippen LogP contribution >= 0.6 is 15.9 Å². The fourth-order valence-electron chi connectivity index (χ4n) is 1.68. The van der Waals surface area contributed by atoms with Gasteiger partial charge in [0.15, 0.2) is 0 Å². The first kappa shape index (κ1) is 10.6. The zero-order chi connectivity index (χ0) is 10.7. The van der Waals surface area contributed by atoms with Gasteiger partial charge in [-0.15, -0.1) is 0 Å². The van der Waals surface area contributed by atoms with Crippen molar-refractivity contribution in [3.05, 3.63) is 34.3 Å². The second-order valence-electron chi connectivity index (χ2n) is 3.67. The summed E-state index contributed by atoms with van der Waals surface area (Å²) in [7, 11) is 0. The van der Waals surface area contributed by atoms with Crippen LogP contribution in [0.3, 0.4) is 0 Å². The quantitative estimate of drug-likeness (QED) is 0.855. The lowest BCUT2D eigenvalue weighted by molar-refractivity contribution is 0.0940. The van der Waals surface area contributed by atoms with E-state index in [1.165, 1.54) is 0 Å². The van der Waals surface area contributed by atoms with Crippen LogP contribution in [0.1, 0.15) is 16.8 Å². The molecular weight excluding hydrogens is 256 g/mol. The Morgan fingerprint density at radius 1 is 1.53 bits per heavy atom. The molecular formula is C11H13BrN2O. The number of hydrogen-bond acceptors (Lipinski definition) is 2. The summed E-state index contributed by atoms with van der Waals surface area (Å²) in [6.45, 7) is 1.86. The van der Waals surface area contributed by atoms with Crippen LogP contribution in [0.15, 0.2) is 28.7 Å². The van der Waals surface area contributed by atoms with Gasteiger partial charge in [0.05, 0.1) is 0 Å². The Kier molecular flexibility index (Phi) is 3.38. The molecule has 2 N–H and O–H groups in total. The molecule has 1 fully saturated rings. The maximum absolute atomic E-state index is 11.8. The van der Waals surface area contributed by atoms with Gasteiger partial charge in [-0.3, -0.25) is 4.79 Å². The average molecular weight is 269 g/mol. The summed E-state index contributed by atoms with van der Waals surface area (Å²) in [5.74, 6) is 0.00463. The van der Waals surface area contributed by atoms with Crippen LogP contribution in [-0.4, -0.2) is 25.0 Å². The molecule has 0 bridgehead atoms. The van der Waals surface area contributed by atoms with Crippen molar-refractivity contribution < 1.29 is 4.79 Å². The van der Waals surface area contributed by atoms with Gasteiger partial charge in [-0.2, -0.15) is 0 Å². The summed E-state index contributed by atoms with van der Waals surface area (Å²) < 4.78 is 0.930. The van der Waals surface area contributed by atoms with Gasteiger partial charge in [0.1, 0.15) is 0 Å². The van der Waals surface area contributed by atoms with Crippen LogP contribution in [0.5, 0.6) is 0 Å². The zero-order valence-corrected chi connectivity index (χ0v) is 9.88. The number of carbonyl (C=O) groups is 1. The normalized spacial score (nSPS) is 20.2. The van der Waals surface area contributed by atoms with E-state index >= 15 is 0 Å². The Balaban J connectivity index is 2.01. The topological polar surface area (TPSA) is 41.1 Å². The molecule has 0 spiro atoms. The van der Waals surface area contributed by atoms with Crippen molar-refractivity contribution in [2.24, 2.45) is 0 Å². The van der Waals surface area contributed by atoms with Crippen molar-refractivity contribution >= 4 is 21.8 Å². The maximum atomic E-state index is 11.8. The van der Waals surface area contributed by atoms with Gasteiger partial charge in [-0.05, 0) is 31.2 Å². The largest absolute Gasteiger partial charge is 0.348 e. The molecule has 0 saturated carbocycles. The molecule has 80 valence electrons. The number of nitrogens with one attached hydrogen (secondary N) is 2. The standard InChI is InChI=1S/C11H13BrN2O/c12-9-3-1-2-8(6-9)11(15)14-10-4-5-13-7-10/h1-3,6,10,13H,4-5,7H2,(H,14,15). The molecule has 1 saturated heterocycles. The smallest absolute Gasteiger partial charge is 0.251 e. The van der Waals surface area contributed by atoms with E-state index in [0.29, 0.717) is 5.56 Å². The molecule has 1 aliphatic rings. The summed E-state index contributed by atoms with van der Waals surface area (Å²) in [5.41, 5.74) is 0.705. The minimum atomic E-state index is 0.00463. The monoisotopic (exact) mass is 268 g/mol. The molecule has 0 aromatic heterocycles. The highest BCUT2D eigenvalue weighted by molar-refractivity contribution is 9.10. The van der Waals surface area contributed by atoms with Crippen molar-refractivity contribution in [2.45, 2.75) is 12.5 Å². The summed E-state index contributed by atoms with van der Waals surface area (Å²) >= 11 is 3.35. The fourth-order valence-corrected chi connectivity index (χ4v) is 2.08. The summed E-state index contributed by atoms with van der Waals surface area (Å²) in [6.07, 6.45) is 1.01. The van der Waals surface area contributed by atoms with Gasteiger partial charge in [0, 0.05) is 22.6 Å². The van der Waals surface area contributed by atoms with Crippen molar-refractivity contribution in [3.8, 4) is 0 Å². The minimum absolute atomic E-state index is 0.00463. The van der Waals surface area contributed by atoms with Crippen LogP contribution in [0, 0.1) is 0 Å². The van der Waals surface area contributed by atoms with E-state index in [4.69, 9.17) is 0 Å². The van der Waals surface area contributed by atoms with Gasteiger partial charge in [0.25, 0.3) is 5.91 Å². The summed E-state index contributed by atoms with van der Waals surface area (Å²) in [6, 6.07) is 7.71. The molecule has 1 unspecified atom stereocenters. The average Bonchev–Trinajstić information content (AvgIpc) is 2.70. The number of rotatable bonds is 2. The third-order valence-electron chi connectivity index (χ3n) is 2.48. The molecule has 1 aromatic carbocycles. The number of carbonyl (C=O) groups excluding carboxylic acids is 1. The highest BCUT2D eigenvalue weighted by atomic mass is 79.9. The zero-order valence-electron chi connectivity index (χ0n) is 8.29. The summed E-state index contributed by atoms with van der Waals surface area (Å²) in [5, 5.41) is 6.22. The Morgan fingerprint density at radius 3 is 3.07 bits per heavy atom. The molecule has 3 nitrogen and oxygen atoms in total. The van der Waals surface area contributed by atoms with E-state index in [1.807, 2.05) is 24.3 Å². The molecule has 1 atom stereocenters. The Morgan fingerprint density at radius 2 is 2.40 bits per heavy atom. The predicted molar refractivity (Wildman–Crippen MR) is 62.9 cm³/mol. The van der Waals surface area contributed by atoms with Gasteiger partial charge < -0.3 is 10.6 Å². The van der Waals surface area contributed by atoms with Crippen molar-refractivity contribution in [3.63, 3.8) is 0 Å². The van der Waals surface area contributed by atoms with Crippen LogP contribution in [0.2, 0.25) is 0 Å². The molecule has 15 heavy (non-hydrogen) atoms. The van der Waals surface area contributed by atoms with E-state index in [0.717, 1.165) is 24.0 Å². The third-order valence-corrected chi connectivity index (χ3v) is 2.98. The molecule has 4 heteroatoms. The molecule has 1 heterocycles. The van der Waals surface area contributed by atoms with Crippen molar-refractivity contribution in [2.75, 3.05) is 13.1 Å². The van der Waals surface area contributed by atoms with E-state index in [2.05, 4.69) is 26.6 Å². The molecule has 1 aliphatic heterocycles. The van der Waals surface area contributed by atoms with Gasteiger partial charge in [0.2, 0.25) is 0 Å². The molecule has 1 aromatic rings. The lowest BCUT2D eigenvalue weighted by Crippen LogP contribution is -2.36. The van der Waals surface area contributed by atoms with Gasteiger partial charge >= 0.3 is 0 Å². The lowest BCUT2D eigenvalue weighted by Gasteiger charge is -2.11. The second-order valence-corrected chi connectivity index (χ2v) is 4.59. The van der Waals surface area contributed by atoms with E-state index in [9.17, 15) is 4.79 Å². The van der Waals surface area contributed by atoms with Gasteiger partial charge in [-0.25, -0.2) is 0 Å². The first-order valence-electron chi connectivity index (χ1n) is 5.03. The first-order chi connectivity index (χ1) is 7.25. The third kappa shape index (κ3) is 2.79. The highest BCUT2D eigenvalue weighted by Gasteiger charge is 2.17. The second kappa shape index (κ2) is 4.77. The van der Waals surface area contributed by atoms with Crippen LogP contribution in [0.4, 0.5) is 0 Å². The molecule has 1 amide bonds. The first-order valence-corrected chi connectivity index (χ1v) is 5.82. The van der Waals surface area contributed by atoms with E-state index in [-0.39, 0.29) is 11.9 Å². The van der Waals surface area contributed by atoms with Crippen LogP contribution in [0.25, 0.3) is 0 Å². The Labute approximate surface area is 97.4 Å². The lowest BCUT2D eigenvalue weighted by atomic mass is 10.2.